The van der Waals surface area contributed by atoms with E-state index in [2.05, 4.69) is 16.3 Å². The highest BCUT2D eigenvalue weighted by Gasteiger charge is 2.24. The Kier molecular flexibility index (Phi) is 4.07. The molecule has 25 heavy (non-hydrogen) atoms. The number of hydrogen-bond donors (Lipinski definition) is 0. The van der Waals surface area contributed by atoms with Gasteiger partial charge in [0.1, 0.15) is 17.5 Å². The summed E-state index contributed by atoms with van der Waals surface area (Å²) in [7, 11) is 0. The van der Waals surface area contributed by atoms with E-state index in [1.54, 1.807) is 30.1 Å². The summed E-state index contributed by atoms with van der Waals surface area (Å²) in [5.41, 5.74) is 3.33. The molecule has 0 aliphatic heterocycles. The molecule has 3 aromatic rings. The first kappa shape index (κ1) is 16.4. The average molecular weight is 336 g/mol. The Bertz CT molecular complexity index is 995. The zero-order valence-corrected chi connectivity index (χ0v) is 14.1. The van der Waals surface area contributed by atoms with Crippen molar-refractivity contribution in [3.05, 3.63) is 68.8 Å². The fourth-order valence-corrected chi connectivity index (χ4v) is 2.90. The van der Waals surface area contributed by atoms with Gasteiger partial charge in [0, 0.05) is 0 Å². The van der Waals surface area contributed by atoms with E-state index >= 15 is 0 Å². The normalized spacial score (nSPS) is 10.6. The van der Waals surface area contributed by atoms with Crippen molar-refractivity contribution in [3.63, 3.8) is 0 Å². The number of para-hydroxylation sites is 1. The Balaban J connectivity index is 2.14. The van der Waals surface area contributed by atoms with Crippen molar-refractivity contribution in [1.82, 2.24) is 19.6 Å². The highest BCUT2D eigenvalue weighted by atomic mass is 16.6. The minimum absolute atomic E-state index is 0.000931. The standard InChI is InChI=1S/C17H16N6O2/c1-11-15(9-18)16(22(20-11)14-7-5-4-6-8-14)10-21-13(3)17(23(24)25)12(2)19-21/h4-8H,10H2,1-3H3. The maximum Gasteiger partial charge on any atom is 0.312 e. The van der Waals surface area contributed by atoms with Crippen LogP contribution in [0, 0.1) is 42.2 Å². The van der Waals surface area contributed by atoms with Crippen molar-refractivity contribution in [3.8, 4) is 11.8 Å². The SMILES string of the molecule is Cc1nn(-c2ccccc2)c(Cn2nc(C)c([N+](=O)[O-])c2C)c1C#N. The second-order valence-electron chi connectivity index (χ2n) is 5.70. The number of benzene rings is 1. The van der Waals surface area contributed by atoms with Crippen LogP contribution in [-0.4, -0.2) is 24.5 Å². The van der Waals surface area contributed by atoms with E-state index in [0.29, 0.717) is 28.3 Å². The predicted molar refractivity (Wildman–Crippen MR) is 90.5 cm³/mol. The van der Waals surface area contributed by atoms with Gasteiger partial charge < -0.3 is 0 Å². The number of aryl methyl sites for hydroxylation is 2. The molecule has 0 saturated heterocycles. The summed E-state index contributed by atoms with van der Waals surface area (Å²) in [5, 5.41) is 29.5. The molecule has 2 heterocycles. The zero-order valence-electron chi connectivity index (χ0n) is 14.1. The molecule has 0 saturated carbocycles. The number of nitro groups is 1. The summed E-state index contributed by atoms with van der Waals surface area (Å²) in [6, 6.07) is 11.6. The lowest BCUT2D eigenvalue weighted by Gasteiger charge is -2.09. The molecule has 0 N–H and O–H groups in total. The van der Waals surface area contributed by atoms with Crippen molar-refractivity contribution in [1.29, 1.82) is 5.26 Å². The van der Waals surface area contributed by atoms with Crippen LogP contribution in [0.1, 0.15) is 28.3 Å². The van der Waals surface area contributed by atoms with E-state index < -0.39 is 4.92 Å². The number of aromatic nitrogens is 4. The molecule has 0 unspecified atom stereocenters. The third kappa shape index (κ3) is 2.76. The molecule has 0 aliphatic carbocycles. The van der Waals surface area contributed by atoms with Crippen molar-refractivity contribution in [2.75, 3.05) is 0 Å². The molecule has 1 aromatic carbocycles. The fourth-order valence-electron chi connectivity index (χ4n) is 2.90. The Hall–Kier alpha value is -3.47. The summed E-state index contributed by atoms with van der Waals surface area (Å²) in [5.74, 6) is 0. The number of rotatable bonds is 4. The minimum atomic E-state index is -0.431. The number of nitriles is 1. The van der Waals surface area contributed by atoms with E-state index in [1.165, 1.54) is 0 Å². The van der Waals surface area contributed by atoms with Crippen molar-refractivity contribution >= 4 is 5.69 Å². The quantitative estimate of drug-likeness (QED) is 0.538. The van der Waals surface area contributed by atoms with Gasteiger partial charge in [-0.2, -0.15) is 15.5 Å². The summed E-state index contributed by atoms with van der Waals surface area (Å²) in [4.78, 5) is 10.8. The van der Waals surface area contributed by atoms with E-state index in [1.807, 2.05) is 30.3 Å². The molecule has 8 heteroatoms. The lowest BCUT2D eigenvalue weighted by molar-refractivity contribution is -0.386. The highest BCUT2D eigenvalue weighted by molar-refractivity contribution is 5.45. The Morgan fingerprint density at radius 2 is 1.84 bits per heavy atom. The molecule has 0 bridgehead atoms. The molecule has 2 aromatic heterocycles. The summed E-state index contributed by atoms with van der Waals surface area (Å²) < 4.78 is 3.24. The molecule has 3 rings (SSSR count). The van der Waals surface area contributed by atoms with Crippen LogP contribution in [0.3, 0.4) is 0 Å². The van der Waals surface area contributed by atoms with Gasteiger partial charge in [0.2, 0.25) is 0 Å². The molecule has 0 radical (unpaired) electrons. The molecule has 0 amide bonds. The van der Waals surface area contributed by atoms with Crippen LogP contribution < -0.4 is 0 Å². The fraction of sp³-hybridized carbons (Fsp3) is 0.235. The Labute approximate surface area is 144 Å². The van der Waals surface area contributed by atoms with Crippen LogP contribution in [0.5, 0.6) is 0 Å². The third-order valence-corrected chi connectivity index (χ3v) is 4.09. The van der Waals surface area contributed by atoms with Crippen molar-refractivity contribution in [2.24, 2.45) is 0 Å². The highest BCUT2D eigenvalue weighted by Crippen LogP contribution is 2.25. The molecule has 126 valence electrons. The lowest BCUT2D eigenvalue weighted by atomic mass is 10.2. The van der Waals surface area contributed by atoms with Gasteiger partial charge in [-0.1, -0.05) is 18.2 Å². The molecule has 0 spiro atoms. The van der Waals surface area contributed by atoms with E-state index in [0.717, 1.165) is 5.69 Å². The van der Waals surface area contributed by atoms with Gasteiger partial charge in [0.15, 0.2) is 0 Å². The maximum absolute atomic E-state index is 11.2. The first-order valence-electron chi connectivity index (χ1n) is 7.66. The van der Waals surface area contributed by atoms with Crippen LogP contribution in [0.15, 0.2) is 30.3 Å². The van der Waals surface area contributed by atoms with Gasteiger partial charge in [0.05, 0.1) is 34.1 Å². The van der Waals surface area contributed by atoms with E-state index in [9.17, 15) is 15.4 Å². The van der Waals surface area contributed by atoms with E-state index in [-0.39, 0.29) is 12.2 Å². The lowest BCUT2D eigenvalue weighted by Crippen LogP contribution is -2.11. The number of hydrogen-bond acceptors (Lipinski definition) is 5. The van der Waals surface area contributed by atoms with Gasteiger partial charge >= 0.3 is 5.69 Å². The van der Waals surface area contributed by atoms with Gasteiger partial charge in [-0.25, -0.2) is 4.68 Å². The first-order valence-corrected chi connectivity index (χ1v) is 7.66. The monoisotopic (exact) mass is 336 g/mol. The average Bonchev–Trinajstić information content (AvgIpc) is 3.04. The van der Waals surface area contributed by atoms with Gasteiger partial charge in [-0.05, 0) is 32.9 Å². The van der Waals surface area contributed by atoms with Crippen LogP contribution >= 0.6 is 0 Å². The van der Waals surface area contributed by atoms with Crippen molar-refractivity contribution < 1.29 is 4.92 Å². The van der Waals surface area contributed by atoms with Gasteiger partial charge in [-0.3, -0.25) is 14.8 Å². The molecular formula is C17H16N6O2. The number of nitrogens with zero attached hydrogens (tertiary/aromatic N) is 6. The third-order valence-electron chi connectivity index (χ3n) is 4.09. The maximum atomic E-state index is 11.2. The smallest absolute Gasteiger partial charge is 0.258 e. The summed E-state index contributed by atoms with van der Waals surface area (Å²) in [6.07, 6.45) is 0. The first-order chi connectivity index (χ1) is 11.9. The zero-order chi connectivity index (χ0) is 18.1. The largest absolute Gasteiger partial charge is 0.312 e. The second-order valence-corrected chi connectivity index (χ2v) is 5.70. The predicted octanol–water partition coefficient (Wildman–Crippen LogP) is 2.82. The molecular weight excluding hydrogens is 320 g/mol. The second kappa shape index (κ2) is 6.20. The van der Waals surface area contributed by atoms with Crippen molar-refractivity contribution in [2.45, 2.75) is 27.3 Å². The molecule has 0 atom stereocenters. The van der Waals surface area contributed by atoms with Crippen LogP contribution in [-0.2, 0) is 6.54 Å². The molecule has 0 aliphatic rings. The molecule has 8 nitrogen and oxygen atoms in total. The summed E-state index contributed by atoms with van der Waals surface area (Å²) in [6.45, 7) is 5.25. The van der Waals surface area contributed by atoms with E-state index in [4.69, 9.17) is 0 Å². The van der Waals surface area contributed by atoms with Gasteiger partial charge in [-0.15, -0.1) is 0 Å². The van der Waals surface area contributed by atoms with Crippen LogP contribution in [0.4, 0.5) is 5.69 Å². The Morgan fingerprint density at radius 3 is 2.40 bits per heavy atom. The Morgan fingerprint density at radius 1 is 1.16 bits per heavy atom. The van der Waals surface area contributed by atoms with Gasteiger partial charge in [0.25, 0.3) is 0 Å². The molecule has 0 fully saturated rings. The summed E-state index contributed by atoms with van der Waals surface area (Å²) >= 11 is 0. The minimum Gasteiger partial charge on any atom is -0.258 e. The van der Waals surface area contributed by atoms with Crippen LogP contribution in [0.2, 0.25) is 0 Å². The van der Waals surface area contributed by atoms with Crippen LogP contribution in [0.25, 0.3) is 5.69 Å². The topological polar surface area (TPSA) is 103 Å².